The molecule has 1 unspecified atom stereocenters. The van der Waals surface area contributed by atoms with Crippen molar-refractivity contribution >= 4 is 58.5 Å². The minimum absolute atomic E-state index is 0.0461. The summed E-state index contributed by atoms with van der Waals surface area (Å²) in [5, 5.41) is 7.82. The van der Waals surface area contributed by atoms with Crippen molar-refractivity contribution in [3.63, 3.8) is 0 Å². The first-order valence-corrected chi connectivity index (χ1v) is 15.7. The van der Waals surface area contributed by atoms with Crippen molar-refractivity contribution in [1.29, 1.82) is 0 Å². The van der Waals surface area contributed by atoms with Gasteiger partial charge in [-0.05, 0) is 91.9 Å². The number of nitrogens with one attached hydrogen (secondary N) is 3. The summed E-state index contributed by atoms with van der Waals surface area (Å²) in [4.78, 5) is 40.1. The Morgan fingerprint density at radius 1 is 0.766 bits per heavy atom. The first kappa shape index (κ1) is 33.0. The standard InChI is InChI=1S/C37H29ClFN3O4S/c1-24(35(43)40-26-18-20-29(21-19-26)46-28-13-6-3-7-14-28)47-30-15-8-12-27(22-30)41-37(45)34(23-31-32(38)16-9-17-33(31)39)42-36(44)25-10-4-2-5-11-25/h2-24H,1H3,(H,40,43)(H,41,45)(H,42,44)/b34-23+. The van der Waals surface area contributed by atoms with E-state index in [1.54, 1.807) is 79.7 Å². The zero-order valence-electron chi connectivity index (χ0n) is 25.1. The molecule has 0 saturated carbocycles. The van der Waals surface area contributed by atoms with Gasteiger partial charge in [-0.1, -0.05) is 60.1 Å². The number of anilines is 2. The van der Waals surface area contributed by atoms with Gasteiger partial charge in [-0.25, -0.2) is 4.39 Å². The van der Waals surface area contributed by atoms with Gasteiger partial charge in [0, 0.05) is 27.4 Å². The lowest BCUT2D eigenvalue weighted by molar-refractivity contribution is -0.115. The topological polar surface area (TPSA) is 96.5 Å². The van der Waals surface area contributed by atoms with Gasteiger partial charge in [-0.2, -0.15) is 0 Å². The Bertz CT molecular complexity index is 1880. The van der Waals surface area contributed by atoms with Crippen LogP contribution in [0.3, 0.4) is 0 Å². The van der Waals surface area contributed by atoms with Crippen LogP contribution in [0.1, 0.15) is 22.8 Å². The predicted octanol–water partition coefficient (Wildman–Crippen LogP) is 8.80. The van der Waals surface area contributed by atoms with Crippen LogP contribution in [0.4, 0.5) is 15.8 Å². The van der Waals surface area contributed by atoms with Crippen LogP contribution in [0, 0.1) is 5.82 Å². The molecule has 0 aromatic heterocycles. The molecule has 0 bridgehead atoms. The van der Waals surface area contributed by atoms with E-state index < -0.39 is 22.9 Å². The molecule has 3 N–H and O–H groups in total. The van der Waals surface area contributed by atoms with Crippen molar-refractivity contribution in [2.24, 2.45) is 0 Å². The highest BCUT2D eigenvalue weighted by atomic mass is 35.5. The summed E-state index contributed by atoms with van der Waals surface area (Å²) < 4.78 is 20.4. The zero-order chi connectivity index (χ0) is 33.2. The number of rotatable bonds is 11. The van der Waals surface area contributed by atoms with Crippen LogP contribution >= 0.6 is 23.4 Å². The van der Waals surface area contributed by atoms with E-state index in [4.69, 9.17) is 16.3 Å². The van der Waals surface area contributed by atoms with E-state index in [0.29, 0.717) is 33.3 Å². The molecule has 0 saturated heterocycles. The van der Waals surface area contributed by atoms with Gasteiger partial charge in [0.2, 0.25) is 5.91 Å². The summed E-state index contributed by atoms with van der Waals surface area (Å²) in [7, 11) is 0. The van der Waals surface area contributed by atoms with Crippen LogP contribution in [0.2, 0.25) is 5.02 Å². The zero-order valence-corrected chi connectivity index (χ0v) is 26.6. The highest BCUT2D eigenvalue weighted by Gasteiger charge is 2.19. The molecule has 3 amide bonds. The molecule has 0 radical (unpaired) electrons. The molecule has 0 spiro atoms. The Balaban J connectivity index is 1.24. The van der Waals surface area contributed by atoms with Crippen LogP contribution in [-0.2, 0) is 9.59 Å². The van der Waals surface area contributed by atoms with Gasteiger partial charge in [-0.15, -0.1) is 11.8 Å². The number of halogens is 2. The maximum atomic E-state index is 14.6. The van der Waals surface area contributed by atoms with Crippen molar-refractivity contribution in [3.8, 4) is 11.5 Å². The molecule has 47 heavy (non-hydrogen) atoms. The Labute approximate surface area is 280 Å². The number of carbonyl (C=O) groups is 3. The largest absolute Gasteiger partial charge is 0.457 e. The maximum Gasteiger partial charge on any atom is 0.272 e. The molecule has 0 heterocycles. The molecule has 5 aromatic carbocycles. The fourth-order valence-corrected chi connectivity index (χ4v) is 5.46. The number of carbonyl (C=O) groups excluding carboxylic acids is 3. The molecule has 7 nitrogen and oxygen atoms in total. The number of ether oxygens (including phenoxy) is 1. The molecule has 0 fully saturated rings. The normalized spacial score (nSPS) is 11.7. The third-order valence-electron chi connectivity index (χ3n) is 6.69. The molecule has 0 aliphatic rings. The SMILES string of the molecule is CC(Sc1cccc(NC(=O)/C(=C\c2c(F)cccc2Cl)NC(=O)c2ccccc2)c1)C(=O)Nc1ccc(Oc2ccccc2)cc1. The van der Waals surface area contributed by atoms with Crippen molar-refractivity contribution < 1.29 is 23.5 Å². The van der Waals surface area contributed by atoms with Crippen molar-refractivity contribution in [1.82, 2.24) is 5.32 Å². The highest BCUT2D eigenvalue weighted by Crippen LogP contribution is 2.28. The Kier molecular flexibility index (Phi) is 11.1. The molecular weight excluding hydrogens is 637 g/mol. The lowest BCUT2D eigenvalue weighted by Crippen LogP contribution is -2.30. The van der Waals surface area contributed by atoms with Gasteiger partial charge < -0.3 is 20.7 Å². The van der Waals surface area contributed by atoms with Crippen molar-refractivity contribution in [3.05, 3.63) is 155 Å². The van der Waals surface area contributed by atoms with Crippen LogP contribution in [0.15, 0.2) is 138 Å². The monoisotopic (exact) mass is 665 g/mol. The molecule has 0 aliphatic heterocycles. The van der Waals surface area contributed by atoms with Gasteiger partial charge in [0.05, 0.1) is 10.3 Å². The fraction of sp³-hybridized carbons (Fsp3) is 0.0541. The average Bonchev–Trinajstić information content (AvgIpc) is 3.07. The first-order chi connectivity index (χ1) is 22.7. The van der Waals surface area contributed by atoms with Crippen LogP contribution < -0.4 is 20.7 Å². The third kappa shape index (κ3) is 9.32. The second-order valence-electron chi connectivity index (χ2n) is 10.2. The van der Waals surface area contributed by atoms with Crippen LogP contribution in [0.5, 0.6) is 11.5 Å². The number of hydrogen-bond acceptors (Lipinski definition) is 5. The number of benzene rings is 5. The summed E-state index contributed by atoms with van der Waals surface area (Å²) in [6.07, 6.45) is 1.19. The average molecular weight is 666 g/mol. The van der Waals surface area contributed by atoms with E-state index in [1.165, 1.54) is 36.0 Å². The lowest BCUT2D eigenvalue weighted by atomic mass is 10.1. The fourth-order valence-electron chi connectivity index (χ4n) is 4.31. The minimum atomic E-state index is -0.693. The second-order valence-corrected chi connectivity index (χ2v) is 12.0. The molecule has 5 rings (SSSR count). The smallest absolute Gasteiger partial charge is 0.272 e. The number of amides is 3. The van der Waals surface area contributed by atoms with Crippen molar-refractivity contribution in [2.45, 2.75) is 17.1 Å². The number of para-hydroxylation sites is 1. The Morgan fingerprint density at radius 3 is 2.13 bits per heavy atom. The van der Waals surface area contributed by atoms with E-state index in [-0.39, 0.29) is 22.2 Å². The van der Waals surface area contributed by atoms with Gasteiger partial charge in [-0.3, -0.25) is 14.4 Å². The van der Waals surface area contributed by atoms with E-state index >= 15 is 0 Å². The highest BCUT2D eigenvalue weighted by molar-refractivity contribution is 8.00. The summed E-state index contributed by atoms with van der Waals surface area (Å²) in [5.41, 5.74) is 1.08. The van der Waals surface area contributed by atoms with E-state index in [9.17, 15) is 18.8 Å². The third-order valence-corrected chi connectivity index (χ3v) is 8.12. The minimum Gasteiger partial charge on any atom is -0.457 e. The van der Waals surface area contributed by atoms with Gasteiger partial charge in [0.15, 0.2) is 0 Å². The van der Waals surface area contributed by atoms with Crippen molar-refractivity contribution in [2.75, 3.05) is 10.6 Å². The van der Waals surface area contributed by atoms with E-state index in [0.717, 1.165) is 0 Å². The number of hydrogen-bond donors (Lipinski definition) is 3. The van der Waals surface area contributed by atoms with E-state index in [1.807, 2.05) is 36.4 Å². The molecule has 1 atom stereocenters. The second kappa shape index (κ2) is 15.8. The molecule has 0 aliphatic carbocycles. The predicted molar refractivity (Wildman–Crippen MR) is 185 cm³/mol. The molecule has 5 aromatic rings. The van der Waals surface area contributed by atoms with Gasteiger partial charge in [0.1, 0.15) is 23.0 Å². The number of thioether (sulfide) groups is 1. The summed E-state index contributed by atoms with van der Waals surface area (Å²) in [6, 6.07) is 35.8. The molecular formula is C37H29ClFN3O4S. The Hall–Kier alpha value is -5.38. The maximum absolute atomic E-state index is 14.6. The summed E-state index contributed by atoms with van der Waals surface area (Å²) >= 11 is 7.51. The molecule has 10 heteroatoms. The van der Waals surface area contributed by atoms with Crippen LogP contribution in [-0.4, -0.2) is 23.0 Å². The van der Waals surface area contributed by atoms with Gasteiger partial charge >= 0.3 is 0 Å². The van der Waals surface area contributed by atoms with Crippen LogP contribution in [0.25, 0.3) is 6.08 Å². The Morgan fingerprint density at radius 2 is 1.43 bits per heavy atom. The molecule has 236 valence electrons. The summed E-state index contributed by atoms with van der Waals surface area (Å²) in [6.45, 7) is 1.77. The first-order valence-electron chi connectivity index (χ1n) is 14.5. The quantitative estimate of drug-likeness (QED) is 0.0968. The van der Waals surface area contributed by atoms with Gasteiger partial charge in [0.25, 0.3) is 11.8 Å². The van der Waals surface area contributed by atoms with E-state index in [2.05, 4.69) is 16.0 Å². The summed E-state index contributed by atoms with van der Waals surface area (Å²) in [5.74, 6) is -0.754. The lowest BCUT2D eigenvalue weighted by Gasteiger charge is -2.14.